The molecule has 0 saturated carbocycles. The van der Waals surface area contributed by atoms with E-state index in [-0.39, 0.29) is 5.91 Å². The van der Waals surface area contributed by atoms with Crippen molar-refractivity contribution in [2.75, 3.05) is 11.9 Å². The lowest BCUT2D eigenvalue weighted by Crippen LogP contribution is -2.12. The summed E-state index contributed by atoms with van der Waals surface area (Å²) in [5.74, 6) is 0.552. The van der Waals surface area contributed by atoms with Crippen LogP contribution in [0, 0.1) is 0 Å². The average molecular weight is 335 g/mol. The van der Waals surface area contributed by atoms with Gasteiger partial charge in [-0.05, 0) is 46.6 Å². The first kappa shape index (κ1) is 14.5. The number of halogens is 1. The quantitative estimate of drug-likeness (QED) is 0.844. The predicted molar refractivity (Wildman–Crippen MR) is 82.1 cm³/mol. The van der Waals surface area contributed by atoms with Gasteiger partial charge in [0.25, 0.3) is 5.91 Å². The Hall–Kier alpha value is -1.88. The van der Waals surface area contributed by atoms with Gasteiger partial charge in [0.2, 0.25) is 0 Å². The summed E-state index contributed by atoms with van der Waals surface area (Å²) in [6.45, 7) is 2.71. The van der Waals surface area contributed by atoms with Gasteiger partial charge in [-0.2, -0.15) is 0 Å². The van der Waals surface area contributed by atoms with E-state index in [0.29, 0.717) is 22.5 Å². The third-order valence-electron chi connectivity index (χ3n) is 2.55. The normalized spacial score (nSPS) is 10.1. The summed E-state index contributed by atoms with van der Waals surface area (Å²) in [7, 11) is 0. The van der Waals surface area contributed by atoms with Crippen LogP contribution in [0.25, 0.3) is 0 Å². The van der Waals surface area contributed by atoms with Gasteiger partial charge in [-0.3, -0.25) is 4.79 Å². The summed E-state index contributed by atoms with van der Waals surface area (Å²) in [5.41, 5.74) is 1.21. The van der Waals surface area contributed by atoms with Crippen molar-refractivity contribution in [3.63, 3.8) is 0 Å². The van der Waals surface area contributed by atoms with Crippen LogP contribution in [0.1, 0.15) is 23.7 Å². The summed E-state index contributed by atoms with van der Waals surface area (Å²) in [4.78, 5) is 16.1. The summed E-state index contributed by atoms with van der Waals surface area (Å²) >= 11 is 3.24. The van der Waals surface area contributed by atoms with Crippen LogP contribution in [-0.4, -0.2) is 17.5 Å². The topological polar surface area (TPSA) is 51.2 Å². The lowest BCUT2D eigenvalue weighted by Gasteiger charge is -2.08. The van der Waals surface area contributed by atoms with Gasteiger partial charge in [0.05, 0.1) is 12.2 Å². The van der Waals surface area contributed by atoms with Crippen molar-refractivity contribution < 1.29 is 9.53 Å². The largest absolute Gasteiger partial charge is 0.494 e. The third-order valence-corrected chi connectivity index (χ3v) is 3.02. The summed E-state index contributed by atoms with van der Waals surface area (Å²) < 4.78 is 6.23. The number of benzene rings is 1. The number of ether oxygens (including phenoxy) is 1. The fourth-order valence-electron chi connectivity index (χ4n) is 1.60. The van der Waals surface area contributed by atoms with Crippen LogP contribution >= 0.6 is 15.9 Å². The van der Waals surface area contributed by atoms with E-state index < -0.39 is 0 Å². The summed E-state index contributed by atoms with van der Waals surface area (Å²) in [5, 5.41) is 2.82. The molecule has 0 aliphatic carbocycles. The highest BCUT2D eigenvalue weighted by Gasteiger charge is 2.07. The van der Waals surface area contributed by atoms with Gasteiger partial charge in [-0.15, -0.1) is 0 Å². The Morgan fingerprint density at radius 2 is 2.20 bits per heavy atom. The number of anilines is 1. The van der Waals surface area contributed by atoms with Gasteiger partial charge in [0.1, 0.15) is 10.4 Å². The van der Waals surface area contributed by atoms with Gasteiger partial charge in [-0.1, -0.05) is 13.0 Å². The average Bonchev–Trinajstić information content (AvgIpc) is 2.46. The zero-order valence-electron chi connectivity index (χ0n) is 11.1. The van der Waals surface area contributed by atoms with Crippen LogP contribution in [0.5, 0.6) is 5.75 Å². The SMILES string of the molecule is CCCOc1cccc(NC(=O)c2ccc(Br)nc2)c1. The van der Waals surface area contributed by atoms with E-state index in [2.05, 4.69) is 26.2 Å². The molecular formula is C15H15BrN2O2. The van der Waals surface area contributed by atoms with Gasteiger partial charge >= 0.3 is 0 Å². The molecule has 104 valence electrons. The molecule has 1 amide bonds. The van der Waals surface area contributed by atoms with Crippen molar-refractivity contribution in [1.29, 1.82) is 0 Å². The Morgan fingerprint density at radius 1 is 1.35 bits per heavy atom. The molecule has 1 aromatic heterocycles. The molecular weight excluding hydrogens is 320 g/mol. The van der Waals surface area contributed by atoms with Crippen molar-refractivity contribution in [3.8, 4) is 5.75 Å². The highest BCUT2D eigenvalue weighted by molar-refractivity contribution is 9.10. The van der Waals surface area contributed by atoms with Crippen LogP contribution in [0.2, 0.25) is 0 Å². The van der Waals surface area contributed by atoms with E-state index >= 15 is 0 Å². The summed E-state index contributed by atoms with van der Waals surface area (Å²) in [6.07, 6.45) is 2.47. The molecule has 0 aliphatic rings. The van der Waals surface area contributed by atoms with Crippen molar-refractivity contribution >= 4 is 27.5 Å². The molecule has 0 aliphatic heterocycles. The van der Waals surface area contributed by atoms with E-state index in [1.165, 1.54) is 6.20 Å². The Morgan fingerprint density at radius 3 is 2.90 bits per heavy atom. The third kappa shape index (κ3) is 4.06. The van der Waals surface area contributed by atoms with Gasteiger partial charge < -0.3 is 10.1 Å². The molecule has 1 heterocycles. The molecule has 1 aromatic carbocycles. The Kier molecular flexibility index (Phi) is 5.12. The molecule has 2 aromatic rings. The highest BCUT2D eigenvalue weighted by atomic mass is 79.9. The van der Waals surface area contributed by atoms with Gasteiger partial charge in [0, 0.05) is 18.0 Å². The Labute approximate surface area is 126 Å². The van der Waals surface area contributed by atoms with Crippen LogP contribution in [0.3, 0.4) is 0 Å². The number of hydrogen-bond donors (Lipinski definition) is 1. The van der Waals surface area contributed by atoms with E-state index in [0.717, 1.165) is 12.2 Å². The number of hydrogen-bond acceptors (Lipinski definition) is 3. The first-order valence-electron chi connectivity index (χ1n) is 6.35. The second-order valence-corrected chi connectivity index (χ2v) is 5.01. The molecule has 0 unspecified atom stereocenters. The monoisotopic (exact) mass is 334 g/mol. The van der Waals surface area contributed by atoms with Crippen LogP contribution in [0.15, 0.2) is 47.2 Å². The second kappa shape index (κ2) is 7.05. The number of amides is 1. The van der Waals surface area contributed by atoms with Crippen molar-refractivity contribution in [2.24, 2.45) is 0 Å². The van der Waals surface area contributed by atoms with Crippen molar-refractivity contribution in [1.82, 2.24) is 4.98 Å². The molecule has 0 saturated heterocycles. The molecule has 5 heteroatoms. The first-order valence-corrected chi connectivity index (χ1v) is 7.14. The van der Waals surface area contributed by atoms with Gasteiger partial charge in [0.15, 0.2) is 0 Å². The fraction of sp³-hybridized carbons (Fsp3) is 0.200. The van der Waals surface area contributed by atoms with Crippen molar-refractivity contribution in [3.05, 3.63) is 52.8 Å². The number of carbonyl (C=O) groups is 1. The number of nitrogens with one attached hydrogen (secondary N) is 1. The maximum absolute atomic E-state index is 12.0. The molecule has 0 atom stereocenters. The maximum Gasteiger partial charge on any atom is 0.257 e. The zero-order valence-corrected chi connectivity index (χ0v) is 12.7. The van der Waals surface area contributed by atoms with E-state index in [1.54, 1.807) is 18.2 Å². The minimum atomic E-state index is -0.197. The molecule has 0 fully saturated rings. The van der Waals surface area contributed by atoms with Gasteiger partial charge in [-0.25, -0.2) is 4.98 Å². The number of nitrogens with zero attached hydrogens (tertiary/aromatic N) is 1. The van der Waals surface area contributed by atoms with Crippen LogP contribution in [-0.2, 0) is 0 Å². The number of aromatic nitrogens is 1. The minimum Gasteiger partial charge on any atom is -0.494 e. The molecule has 2 rings (SSSR count). The lowest BCUT2D eigenvalue weighted by atomic mass is 10.2. The Balaban J connectivity index is 2.05. The molecule has 0 spiro atoms. The molecule has 0 radical (unpaired) electrons. The first-order chi connectivity index (χ1) is 9.69. The standard InChI is InChI=1S/C15H15BrN2O2/c1-2-8-20-13-5-3-4-12(9-13)18-15(19)11-6-7-14(16)17-10-11/h3-7,9-10H,2,8H2,1H3,(H,18,19). The second-order valence-electron chi connectivity index (χ2n) is 4.20. The molecule has 4 nitrogen and oxygen atoms in total. The Bertz CT molecular complexity index is 585. The van der Waals surface area contributed by atoms with Crippen LogP contribution < -0.4 is 10.1 Å². The predicted octanol–water partition coefficient (Wildman–Crippen LogP) is 3.89. The highest BCUT2D eigenvalue weighted by Crippen LogP contribution is 2.18. The smallest absolute Gasteiger partial charge is 0.257 e. The molecule has 0 bridgehead atoms. The van der Waals surface area contributed by atoms with E-state index in [1.807, 2.05) is 25.1 Å². The van der Waals surface area contributed by atoms with Crippen molar-refractivity contribution in [2.45, 2.75) is 13.3 Å². The number of pyridine rings is 1. The summed E-state index contributed by atoms with van der Waals surface area (Å²) in [6, 6.07) is 10.8. The zero-order chi connectivity index (χ0) is 14.4. The fourth-order valence-corrected chi connectivity index (χ4v) is 1.83. The molecule has 1 N–H and O–H groups in total. The van der Waals surface area contributed by atoms with Crippen LogP contribution in [0.4, 0.5) is 5.69 Å². The maximum atomic E-state index is 12.0. The molecule has 20 heavy (non-hydrogen) atoms. The lowest BCUT2D eigenvalue weighted by molar-refractivity contribution is 0.102. The van der Waals surface area contributed by atoms with E-state index in [9.17, 15) is 4.79 Å². The number of rotatable bonds is 5. The minimum absolute atomic E-state index is 0.197. The number of carbonyl (C=O) groups excluding carboxylic acids is 1. The van der Waals surface area contributed by atoms with E-state index in [4.69, 9.17) is 4.74 Å².